The molecule has 0 aliphatic heterocycles. The molecule has 82 valence electrons. The highest BCUT2D eigenvalue weighted by Gasteiger charge is 2.03. The van der Waals surface area contributed by atoms with E-state index >= 15 is 0 Å². The van der Waals surface area contributed by atoms with E-state index in [1.54, 1.807) is 0 Å². The van der Waals surface area contributed by atoms with Crippen molar-refractivity contribution in [3.05, 3.63) is 35.9 Å². The minimum Gasteiger partial charge on any atom is -0.391 e. The highest BCUT2D eigenvalue weighted by atomic mass is 16.5. The van der Waals surface area contributed by atoms with E-state index in [-0.39, 0.29) is 6.61 Å². The molecular weight excluding hydrogens is 192 g/mol. The van der Waals surface area contributed by atoms with Gasteiger partial charge >= 0.3 is 0 Å². The van der Waals surface area contributed by atoms with Crippen LogP contribution in [-0.4, -0.2) is 24.1 Å². The maximum absolute atomic E-state index is 10.1. The van der Waals surface area contributed by atoms with E-state index in [9.17, 15) is 9.90 Å². The van der Waals surface area contributed by atoms with Crippen molar-refractivity contribution in [3.8, 4) is 0 Å². The van der Waals surface area contributed by atoms with Gasteiger partial charge in [0.2, 0.25) is 0 Å². The first kappa shape index (κ1) is 11.9. The summed E-state index contributed by atoms with van der Waals surface area (Å²) >= 11 is 0. The number of benzene rings is 1. The molecule has 0 bridgehead atoms. The maximum Gasteiger partial charge on any atom is 0.120 e. The quantitative estimate of drug-likeness (QED) is 0.691. The highest BCUT2D eigenvalue weighted by Crippen LogP contribution is 2.02. The Bertz CT molecular complexity index is 271. The van der Waals surface area contributed by atoms with Crippen molar-refractivity contribution < 1.29 is 14.6 Å². The number of ether oxygens (including phenoxy) is 1. The second-order valence-corrected chi connectivity index (χ2v) is 3.40. The van der Waals surface area contributed by atoms with Crippen molar-refractivity contribution in [2.45, 2.75) is 25.6 Å². The molecule has 0 aromatic heterocycles. The summed E-state index contributed by atoms with van der Waals surface area (Å²) in [6.45, 7) is 0.779. The first-order chi connectivity index (χ1) is 7.33. The van der Waals surface area contributed by atoms with Crippen LogP contribution in [0.3, 0.4) is 0 Å². The molecule has 0 saturated heterocycles. The Morgan fingerprint density at radius 3 is 2.73 bits per heavy atom. The van der Waals surface area contributed by atoms with Crippen molar-refractivity contribution in [2.75, 3.05) is 6.61 Å². The van der Waals surface area contributed by atoms with Gasteiger partial charge in [-0.25, -0.2) is 0 Å². The van der Waals surface area contributed by atoms with Crippen LogP contribution in [-0.2, 0) is 16.1 Å². The van der Waals surface area contributed by atoms with Gasteiger partial charge in [0.05, 0.1) is 19.3 Å². The van der Waals surface area contributed by atoms with Gasteiger partial charge in [0.25, 0.3) is 0 Å². The molecule has 0 heterocycles. The molecule has 0 fully saturated rings. The fourth-order valence-corrected chi connectivity index (χ4v) is 1.23. The van der Waals surface area contributed by atoms with E-state index in [4.69, 9.17) is 4.74 Å². The summed E-state index contributed by atoms with van der Waals surface area (Å²) in [6, 6.07) is 9.78. The van der Waals surface area contributed by atoms with Gasteiger partial charge in [-0.15, -0.1) is 0 Å². The SMILES string of the molecule is O=CCC[C@H](O)COCc1ccccc1. The lowest BCUT2D eigenvalue weighted by Gasteiger charge is -2.09. The predicted octanol–water partition coefficient (Wildman–Crippen LogP) is 1.54. The van der Waals surface area contributed by atoms with Crippen LogP contribution >= 0.6 is 0 Å². The topological polar surface area (TPSA) is 46.5 Å². The van der Waals surface area contributed by atoms with Gasteiger partial charge in [-0.05, 0) is 12.0 Å². The molecule has 3 heteroatoms. The number of carbonyl (C=O) groups excluding carboxylic acids is 1. The lowest BCUT2D eigenvalue weighted by molar-refractivity contribution is -0.108. The number of aliphatic hydroxyl groups is 1. The zero-order valence-electron chi connectivity index (χ0n) is 8.63. The van der Waals surface area contributed by atoms with Crippen LogP contribution in [0.2, 0.25) is 0 Å². The number of carbonyl (C=O) groups is 1. The molecule has 15 heavy (non-hydrogen) atoms. The number of hydrogen-bond acceptors (Lipinski definition) is 3. The van der Waals surface area contributed by atoms with Crippen molar-refractivity contribution in [1.82, 2.24) is 0 Å². The Morgan fingerprint density at radius 1 is 1.33 bits per heavy atom. The second kappa shape index (κ2) is 7.15. The summed E-state index contributed by atoms with van der Waals surface area (Å²) < 4.78 is 5.31. The predicted molar refractivity (Wildman–Crippen MR) is 57.4 cm³/mol. The molecule has 1 rings (SSSR count). The van der Waals surface area contributed by atoms with E-state index in [2.05, 4.69) is 0 Å². The van der Waals surface area contributed by atoms with Crippen molar-refractivity contribution >= 4 is 6.29 Å². The minimum absolute atomic E-state index is 0.280. The smallest absolute Gasteiger partial charge is 0.120 e. The standard InChI is InChI=1S/C12H16O3/c13-8-4-7-12(14)10-15-9-11-5-2-1-3-6-11/h1-3,5-6,8,12,14H,4,7,9-10H2/t12-/m0/s1. The van der Waals surface area contributed by atoms with Crippen molar-refractivity contribution in [1.29, 1.82) is 0 Å². The molecule has 0 unspecified atom stereocenters. The van der Waals surface area contributed by atoms with Crippen molar-refractivity contribution in [3.63, 3.8) is 0 Å². The van der Waals surface area contributed by atoms with Gasteiger partial charge in [-0.2, -0.15) is 0 Å². The van der Waals surface area contributed by atoms with E-state index in [0.29, 0.717) is 19.4 Å². The summed E-state index contributed by atoms with van der Waals surface area (Å²) in [5.41, 5.74) is 1.08. The Balaban J connectivity index is 2.13. The largest absolute Gasteiger partial charge is 0.391 e. The van der Waals surface area contributed by atoms with Crippen LogP contribution in [0.1, 0.15) is 18.4 Å². The van der Waals surface area contributed by atoms with Gasteiger partial charge in [-0.1, -0.05) is 30.3 Å². The van der Waals surface area contributed by atoms with Crippen LogP contribution in [0.4, 0.5) is 0 Å². The third-order valence-corrected chi connectivity index (χ3v) is 2.04. The van der Waals surface area contributed by atoms with Gasteiger partial charge in [-0.3, -0.25) is 0 Å². The molecule has 1 N–H and O–H groups in total. The summed E-state index contributed by atoms with van der Waals surface area (Å²) in [5, 5.41) is 9.37. The van der Waals surface area contributed by atoms with Gasteiger partial charge in [0, 0.05) is 6.42 Å². The summed E-state index contributed by atoms with van der Waals surface area (Å²) in [4.78, 5) is 10.1. The lowest BCUT2D eigenvalue weighted by Crippen LogP contribution is -2.15. The van der Waals surface area contributed by atoms with Crippen LogP contribution in [0.15, 0.2) is 30.3 Å². The van der Waals surface area contributed by atoms with Gasteiger partial charge in [0.1, 0.15) is 6.29 Å². The molecule has 0 radical (unpaired) electrons. The lowest BCUT2D eigenvalue weighted by atomic mass is 10.2. The molecule has 3 nitrogen and oxygen atoms in total. The fourth-order valence-electron chi connectivity index (χ4n) is 1.23. The molecule has 0 aliphatic carbocycles. The van der Waals surface area contributed by atoms with Crippen LogP contribution < -0.4 is 0 Å². The fraction of sp³-hybridized carbons (Fsp3) is 0.417. The van der Waals surface area contributed by atoms with Crippen molar-refractivity contribution in [2.24, 2.45) is 0 Å². The molecule has 0 aliphatic rings. The van der Waals surface area contributed by atoms with Crippen LogP contribution in [0.25, 0.3) is 0 Å². The summed E-state index contributed by atoms with van der Waals surface area (Å²) in [7, 11) is 0. The average Bonchev–Trinajstić information content (AvgIpc) is 2.28. The third-order valence-electron chi connectivity index (χ3n) is 2.04. The summed E-state index contributed by atoms with van der Waals surface area (Å²) in [6.07, 6.45) is 1.12. The first-order valence-electron chi connectivity index (χ1n) is 5.06. The molecular formula is C12H16O3. The molecule has 0 amide bonds. The molecule has 1 aromatic carbocycles. The first-order valence-corrected chi connectivity index (χ1v) is 5.06. The number of hydrogen-bond donors (Lipinski definition) is 1. The second-order valence-electron chi connectivity index (χ2n) is 3.40. The molecule has 0 saturated carbocycles. The van der Waals surface area contributed by atoms with E-state index in [1.807, 2.05) is 30.3 Å². The Kier molecular flexibility index (Phi) is 5.66. The molecule has 1 aromatic rings. The van der Waals surface area contributed by atoms with E-state index in [1.165, 1.54) is 0 Å². The molecule has 0 spiro atoms. The van der Waals surface area contributed by atoms with Crippen LogP contribution in [0, 0.1) is 0 Å². The monoisotopic (exact) mass is 208 g/mol. The molecule has 1 atom stereocenters. The van der Waals surface area contributed by atoms with Gasteiger partial charge < -0.3 is 14.6 Å². The zero-order valence-corrected chi connectivity index (χ0v) is 8.63. The highest BCUT2D eigenvalue weighted by molar-refractivity contribution is 5.49. The van der Waals surface area contributed by atoms with E-state index < -0.39 is 6.10 Å². The zero-order chi connectivity index (χ0) is 10.9. The Hall–Kier alpha value is -1.19. The van der Waals surface area contributed by atoms with E-state index in [0.717, 1.165) is 11.8 Å². The Morgan fingerprint density at radius 2 is 2.07 bits per heavy atom. The number of rotatable bonds is 7. The summed E-state index contributed by atoms with van der Waals surface area (Å²) in [5.74, 6) is 0. The van der Waals surface area contributed by atoms with Gasteiger partial charge in [0.15, 0.2) is 0 Å². The van der Waals surface area contributed by atoms with Crippen LogP contribution in [0.5, 0.6) is 0 Å². The third kappa shape index (κ3) is 5.30. The number of aliphatic hydroxyl groups excluding tert-OH is 1. The number of aldehydes is 1. The Labute approximate surface area is 89.7 Å². The normalized spacial score (nSPS) is 12.3. The maximum atomic E-state index is 10.1. The minimum atomic E-state index is -0.543. The average molecular weight is 208 g/mol.